The second-order valence-electron chi connectivity index (χ2n) is 7.01. The molecule has 2 heterocycles. The number of hydrogen-bond donors (Lipinski definition) is 1. The Morgan fingerprint density at radius 1 is 1.00 bits per heavy atom. The van der Waals surface area contributed by atoms with Crippen LogP contribution in [-0.2, 0) is 24.9 Å². The van der Waals surface area contributed by atoms with E-state index in [1.165, 1.54) is 25.3 Å². The maximum Gasteiger partial charge on any atom is 0.155 e. The Balaban J connectivity index is 0.000000299. The van der Waals surface area contributed by atoms with Crippen LogP contribution in [0, 0.1) is 6.07 Å². The fraction of sp³-hybridized carbons (Fsp3) is 0.0769. The summed E-state index contributed by atoms with van der Waals surface area (Å²) in [4.78, 5) is 14.6. The molecule has 0 amide bonds. The van der Waals surface area contributed by atoms with Gasteiger partial charge < -0.3 is 14.5 Å². The summed E-state index contributed by atoms with van der Waals surface area (Å²) in [7, 11) is 0. The number of rotatable bonds is 2. The summed E-state index contributed by atoms with van der Waals surface area (Å²) >= 11 is 0. The maximum absolute atomic E-state index is 10.0. The first-order chi connectivity index (χ1) is 14.5. The Kier molecular flexibility index (Phi) is 7.01. The van der Waals surface area contributed by atoms with Crippen molar-refractivity contribution in [1.82, 2.24) is 4.98 Å². The summed E-state index contributed by atoms with van der Waals surface area (Å²) in [6, 6.07) is 25.7. The van der Waals surface area contributed by atoms with Crippen molar-refractivity contribution in [2.45, 2.75) is 13.8 Å². The van der Waals surface area contributed by atoms with Crippen molar-refractivity contribution in [2.75, 3.05) is 0 Å². The van der Waals surface area contributed by atoms with Gasteiger partial charge in [0.1, 0.15) is 5.58 Å². The smallest absolute Gasteiger partial charge is 0.155 e. The monoisotopic (exact) mass is 587 g/mol. The van der Waals surface area contributed by atoms with E-state index in [2.05, 4.69) is 35.3 Å². The van der Waals surface area contributed by atoms with E-state index < -0.39 is 0 Å². The van der Waals surface area contributed by atoms with Crippen molar-refractivity contribution >= 4 is 38.5 Å². The minimum Gasteiger partial charge on any atom is -0.512 e. The summed E-state index contributed by atoms with van der Waals surface area (Å²) in [5.74, 6) is -0.0625. The van der Waals surface area contributed by atoms with Gasteiger partial charge in [0.05, 0.1) is 11.3 Å². The SMILES string of the molecule is CC(=O)/C=C(/C)O.[Ir].[c-]1ccc2c(oc3ccccc32)c1-c1cc2ccccc2cn1. The third kappa shape index (κ3) is 4.90. The van der Waals surface area contributed by atoms with E-state index >= 15 is 0 Å². The molecule has 1 radical (unpaired) electrons. The fourth-order valence-electron chi connectivity index (χ4n) is 3.40. The van der Waals surface area contributed by atoms with E-state index in [4.69, 9.17) is 9.52 Å². The summed E-state index contributed by atoms with van der Waals surface area (Å²) in [5.41, 5.74) is 3.53. The van der Waals surface area contributed by atoms with Gasteiger partial charge in [-0.15, -0.1) is 18.2 Å². The van der Waals surface area contributed by atoms with Crippen molar-refractivity contribution in [3.05, 3.63) is 90.8 Å². The number of furan rings is 1. The summed E-state index contributed by atoms with van der Waals surface area (Å²) in [6.45, 7) is 2.85. The topological polar surface area (TPSA) is 63.3 Å². The second-order valence-corrected chi connectivity index (χ2v) is 7.01. The molecule has 157 valence electrons. The first kappa shape index (κ1) is 22.4. The van der Waals surface area contributed by atoms with E-state index in [0.717, 1.165) is 38.6 Å². The molecule has 1 N–H and O–H groups in total. The van der Waals surface area contributed by atoms with Crippen molar-refractivity contribution < 1.29 is 34.4 Å². The average molecular weight is 587 g/mol. The Morgan fingerprint density at radius 2 is 1.71 bits per heavy atom. The molecule has 0 aliphatic rings. The number of ketones is 1. The van der Waals surface area contributed by atoms with Gasteiger partial charge >= 0.3 is 0 Å². The minimum atomic E-state index is -0.125. The van der Waals surface area contributed by atoms with Crippen molar-refractivity contribution in [1.29, 1.82) is 0 Å². The fourth-order valence-corrected chi connectivity index (χ4v) is 3.40. The standard InChI is InChI=1S/C21H12NO.C5H8O2.Ir/c1-2-7-15-13-22-19(12-14(15)6-1)18-10-5-9-17-16-8-3-4-11-20(16)23-21(17)18;1-4(6)3-5(2)7;/h1-9,11-13H;3,6H,1-2H3;/q-1;;/b;4-3-;. The number of benzene rings is 3. The molecule has 2 aromatic heterocycles. The molecule has 4 nitrogen and oxygen atoms in total. The number of carbonyl (C=O) groups excluding carboxylic acids is 1. The molecule has 3 aromatic carbocycles. The summed E-state index contributed by atoms with van der Waals surface area (Å²) in [6.07, 6.45) is 3.07. The maximum atomic E-state index is 10.0. The molecule has 0 atom stereocenters. The quantitative estimate of drug-likeness (QED) is 0.143. The van der Waals surface area contributed by atoms with Crippen molar-refractivity contribution in [3.8, 4) is 11.3 Å². The van der Waals surface area contributed by atoms with Crippen LogP contribution in [0.2, 0.25) is 0 Å². The van der Waals surface area contributed by atoms with Gasteiger partial charge in [0.25, 0.3) is 0 Å². The van der Waals surface area contributed by atoms with Gasteiger partial charge in [-0.3, -0.25) is 4.79 Å². The Labute approximate surface area is 193 Å². The van der Waals surface area contributed by atoms with Crippen LogP contribution in [0.5, 0.6) is 0 Å². The zero-order valence-corrected chi connectivity index (χ0v) is 19.4. The Hall–Kier alpha value is -3.27. The average Bonchev–Trinajstić information content (AvgIpc) is 3.12. The number of nitrogens with zero attached hydrogens (tertiary/aromatic N) is 1. The van der Waals surface area contributed by atoms with Crippen LogP contribution in [0.4, 0.5) is 0 Å². The largest absolute Gasteiger partial charge is 0.512 e. The van der Waals surface area contributed by atoms with Gasteiger partial charge in [-0.05, 0) is 36.4 Å². The van der Waals surface area contributed by atoms with Crippen molar-refractivity contribution in [3.63, 3.8) is 0 Å². The van der Waals surface area contributed by atoms with Crippen LogP contribution in [0.15, 0.2) is 89.2 Å². The molecule has 0 bridgehead atoms. The van der Waals surface area contributed by atoms with E-state index in [1.807, 2.05) is 48.7 Å². The molecule has 0 fully saturated rings. The molecule has 0 aliphatic heterocycles. The molecular weight excluding hydrogens is 567 g/mol. The number of aromatic nitrogens is 1. The van der Waals surface area contributed by atoms with E-state index in [0.29, 0.717) is 0 Å². The molecule has 0 spiro atoms. The minimum absolute atomic E-state index is 0. The molecule has 0 saturated heterocycles. The summed E-state index contributed by atoms with van der Waals surface area (Å²) < 4.78 is 6.08. The molecule has 5 rings (SSSR count). The first-order valence-corrected chi connectivity index (χ1v) is 9.58. The molecular formula is C26H20IrNO3-. The molecule has 0 saturated carbocycles. The number of aliphatic hydroxyl groups excluding tert-OH is 1. The van der Waals surface area contributed by atoms with E-state index in [9.17, 15) is 4.79 Å². The van der Waals surface area contributed by atoms with Crippen LogP contribution < -0.4 is 0 Å². The number of pyridine rings is 1. The van der Waals surface area contributed by atoms with Crippen LogP contribution in [0.3, 0.4) is 0 Å². The molecule has 0 unspecified atom stereocenters. The predicted molar refractivity (Wildman–Crippen MR) is 120 cm³/mol. The molecule has 5 aromatic rings. The van der Waals surface area contributed by atoms with Gasteiger partial charge in [0.2, 0.25) is 0 Å². The van der Waals surface area contributed by atoms with Crippen LogP contribution >= 0.6 is 0 Å². The molecule has 5 heteroatoms. The number of fused-ring (bicyclic) bond motifs is 4. The van der Waals surface area contributed by atoms with Crippen molar-refractivity contribution in [2.24, 2.45) is 0 Å². The number of carbonyl (C=O) groups is 1. The second kappa shape index (κ2) is 9.69. The molecule has 0 aliphatic carbocycles. The Bertz CT molecular complexity index is 1400. The van der Waals surface area contributed by atoms with Gasteiger partial charge in [-0.25, -0.2) is 0 Å². The number of allylic oxidation sites excluding steroid dienone is 2. The summed E-state index contributed by atoms with van der Waals surface area (Å²) in [5, 5.41) is 12.9. The third-order valence-corrected chi connectivity index (χ3v) is 4.64. The van der Waals surface area contributed by atoms with Crippen LogP contribution in [0.1, 0.15) is 13.8 Å². The third-order valence-electron chi connectivity index (χ3n) is 4.64. The van der Waals surface area contributed by atoms with Gasteiger partial charge in [0.15, 0.2) is 5.78 Å². The predicted octanol–water partition coefficient (Wildman–Crippen LogP) is 6.64. The molecule has 31 heavy (non-hydrogen) atoms. The van der Waals surface area contributed by atoms with Crippen LogP contribution in [0.25, 0.3) is 44.0 Å². The van der Waals surface area contributed by atoms with E-state index in [-0.39, 0.29) is 31.6 Å². The number of para-hydroxylation sites is 1. The zero-order chi connectivity index (χ0) is 21.1. The number of aliphatic hydroxyl groups is 1. The van der Waals surface area contributed by atoms with E-state index in [1.54, 1.807) is 0 Å². The van der Waals surface area contributed by atoms with Gasteiger partial charge in [-0.2, -0.15) is 0 Å². The normalized spacial score (nSPS) is 11.1. The number of hydrogen-bond acceptors (Lipinski definition) is 4. The first-order valence-electron chi connectivity index (χ1n) is 9.58. The van der Waals surface area contributed by atoms with Gasteiger partial charge in [0, 0.05) is 37.8 Å². The van der Waals surface area contributed by atoms with Crippen LogP contribution in [-0.4, -0.2) is 15.9 Å². The van der Waals surface area contributed by atoms with Gasteiger partial charge in [-0.1, -0.05) is 59.5 Å². The Morgan fingerprint density at radius 3 is 2.42 bits per heavy atom. The zero-order valence-electron chi connectivity index (χ0n) is 17.0.